The summed E-state index contributed by atoms with van der Waals surface area (Å²) in [7, 11) is 0. The second kappa shape index (κ2) is 5.75. The highest BCUT2D eigenvalue weighted by molar-refractivity contribution is 6.33. The Morgan fingerprint density at radius 2 is 2.12 bits per heavy atom. The van der Waals surface area contributed by atoms with Gasteiger partial charge in [-0.1, -0.05) is 29.1 Å². The monoisotopic (exact) mass is 271 g/mol. The second-order valence-electron chi connectivity index (χ2n) is 4.33. The van der Waals surface area contributed by atoms with Crippen molar-refractivity contribution in [3.8, 4) is 12.3 Å². The molecule has 0 aliphatic heterocycles. The maximum absolute atomic E-state index is 10.0. The van der Waals surface area contributed by atoms with Crippen molar-refractivity contribution < 1.29 is 5.11 Å². The molecule has 0 aliphatic carbocycles. The Kier molecular flexibility index (Phi) is 4.85. The van der Waals surface area contributed by atoms with E-state index >= 15 is 0 Å². The van der Waals surface area contributed by atoms with Gasteiger partial charge in [-0.2, -0.15) is 0 Å². The summed E-state index contributed by atoms with van der Waals surface area (Å²) < 4.78 is 0. The average molecular weight is 272 g/mol. The molecule has 0 spiro atoms. The lowest BCUT2D eigenvalue weighted by Gasteiger charge is -2.22. The van der Waals surface area contributed by atoms with E-state index in [2.05, 4.69) is 11.2 Å². The lowest BCUT2D eigenvalue weighted by Crippen LogP contribution is -2.40. The SMILES string of the molecule is C#CC(C)(C)NCC(O)c1cc(Cl)ccc1Cl. The van der Waals surface area contributed by atoms with E-state index in [0.717, 1.165) is 0 Å². The summed E-state index contributed by atoms with van der Waals surface area (Å²) in [5.41, 5.74) is 0.131. The summed E-state index contributed by atoms with van der Waals surface area (Å²) in [6.45, 7) is 4.04. The van der Waals surface area contributed by atoms with E-state index in [4.69, 9.17) is 29.6 Å². The summed E-state index contributed by atoms with van der Waals surface area (Å²) in [4.78, 5) is 0. The molecule has 1 atom stereocenters. The Balaban J connectivity index is 2.74. The van der Waals surface area contributed by atoms with Crippen LogP contribution in [0.4, 0.5) is 0 Å². The van der Waals surface area contributed by atoms with Gasteiger partial charge in [0.25, 0.3) is 0 Å². The topological polar surface area (TPSA) is 32.3 Å². The van der Waals surface area contributed by atoms with E-state index in [9.17, 15) is 5.11 Å². The molecule has 0 saturated heterocycles. The van der Waals surface area contributed by atoms with Crippen LogP contribution in [0, 0.1) is 12.3 Å². The number of rotatable bonds is 4. The fourth-order valence-electron chi connectivity index (χ4n) is 1.28. The predicted molar refractivity (Wildman–Crippen MR) is 72.3 cm³/mol. The van der Waals surface area contributed by atoms with Crippen molar-refractivity contribution in [3.63, 3.8) is 0 Å². The Labute approximate surface area is 112 Å². The van der Waals surface area contributed by atoms with E-state index in [1.807, 2.05) is 13.8 Å². The first-order chi connectivity index (χ1) is 7.85. The lowest BCUT2D eigenvalue weighted by atomic mass is 10.0. The van der Waals surface area contributed by atoms with E-state index in [1.54, 1.807) is 18.2 Å². The number of β-amino-alcohol motifs (C(OH)–C–C–N with tert-alkyl or cyclic N) is 1. The zero-order valence-corrected chi connectivity index (χ0v) is 11.3. The standard InChI is InChI=1S/C13H15Cl2NO/c1-4-13(2,3)16-8-12(17)10-7-9(14)5-6-11(10)15/h1,5-7,12,16-17H,8H2,2-3H3. The van der Waals surface area contributed by atoms with Crippen LogP contribution < -0.4 is 5.32 Å². The highest BCUT2D eigenvalue weighted by Gasteiger charge is 2.17. The first-order valence-electron chi connectivity index (χ1n) is 5.21. The van der Waals surface area contributed by atoms with Gasteiger partial charge in [0, 0.05) is 22.2 Å². The van der Waals surface area contributed by atoms with Crippen molar-refractivity contribution in [3.05, 3.63) is 33.8 Å². The fraction of sp³-hybridized carbons (Fsp3) is 0.385. The van der Waals surface area contributed by atoms with Crippen LogP contribution in [0.3, 0.4) is 0 Å². The number of terminal acetylenes is 1. The summed E-state index contributed by atoms with van der Waals surface area (Å²) in [5.74, 6) is 2.59. The molecule has 17 heavy (non-hydrogen) atoms. The molecule has 0 bridgehead atoms. The minimum atomic E-state index is -0.742. The molecule has 0 heterocycles. The molecule has 0 aromatic heterocycles. The minimum Gasteiger partial charge on any atom is -0.387 e. The molecule has 1 rings (SSSR count). The van der Waals surface area contributed by atoms with Gasteiger partial charge < -0.3 is 5.11 Å². The quantitative estimate of drug-likeness (QED) is 0.826. The molecule has 1 aromatic carbocycles. The number of hydrogen-bond donors (Lipinski definition) is 2. The van der Waals surface area contributed by atoms with Crippen LogP contribution in [-0.4, -0.2) is 17.2 Å². The number of benzene rings is 1. The Bertz CT molecular complexity index is 438. The normalized spacial score (nSPS) is 13.2. The molecule has 0 aliphatic rings. The van der Waals surface area contributed by atoms with Crippen LogP contribution in [-0.2, 0) is 0 Å². The van der Waals surface area contributed by atoms with Crippen LogP contribution in [0.15, 0.2) is 18.2 Å². The number of hydrogen-bond acceptors (Lipinski definition) is 2. The number of nitrogens with one attached hydrogen (secondary N) is 1. The molecule has 1 unspecified atom stereocenters. The van der Waals surface area contributed by atoms with E-state index < -0.39 is 11.6 Å². The minimum absolute atomic E-state index is 0.317. The number of aliphatic hydroxyl groups excluding tert-OH is 1. The van der Waals surface area contributed by atoms with Crippen LogP contribution in [0.5, 0.6) is 0 Å². The van der Waals surface area contributed by atoms with Crippen LogP contribution in [0.2, 0.25) is 10.0 Å². The first kappa shape index (κ1) is 14.3. The van der Waals surface area contributed by atoms with Gasteiger partial charge in [-0.15, -0.1) is 6.42 Å². The summed E-state index contributed by atoms with van der Waals surface area (Å²) >= 11 is 11.8. The summed E-state index contributed by atoms with van der Waals surface area (Å²) in [6, 6.07) is 4.99. The van der Waals surface area contributed by atoms with Crippen LogP contribution >= 0.6 is 23.2 Å². The summed E-state index contributed by atoms with van der Waals surface area (Å²) in [5, 5.41) is 14.1. The molecular formula is C13H15Cl2NO. The second-order valence-corrected chi connectivity index (χ2v) is 5.18. The number of aliphatic hydroxyl groups is 1. The van der Waals surface area contributed by atoms with Crippen molar-refractivity contribution in [1.29, 1.82) is 0 Å². The van der Waals surface area contributed by atoms with Gasteiger partial charge in [0.1, 0.15) is 0 Å². The summed E-state index contributed by atoms with van der Waals surface area (Å²) in [6.07, 6.45) is 4.60. The molecule has 0 saturated carbocycles. The van der Waals surface area contributed by atoms with Crippen molar-refractivity contribution in [2.45, 2.75) is 25.5 Å². The molecule has 0 fully saturated rings. The Hall–Kier alpha value is -0.720. The molecule has 0 radical (unpaired) electrons. The molecule has 2 N–H and O–H groups in total. The highest BCUT2D eigenvalue weighted by atomic mass is 35.5. The van der Waals surface area contributed by atoms with Crippen LogP contribution in [0.1, 0.15) is 25.5 Å². The van der Waals surface area contributed by atoms with Gasteiger partial charge in [-0.05, 0) is 32.0 Å². The maximum Gasteiger partial charge on any atom is 0.0929 e. The zero-order chi connectivity index (χ0) is 13.1. The van der Waals surface area contributed by atoms with Crippen molar-refractivity contribution in [2.75, 3.05) is 6.54 Å². The van der Waals surface area contributed by atoms with Gasteiger partial charge in [-0.3, -0.25) is 5.32 Å². The highest BCUT2D eigenvalue weighted by Crippen LogP contribution is 2.26. The Morgan fingerprint density at radius 3 is 2.71 bits per heavy atom. The van der Waals surface area contributed by atoms with Crippen molar-refractivity contribution >= 4 is 23.2 Å². The Morgan fingerprint density at radius 1 is 1.47 bits per heavy atom. The maximum atomic E-state index is 10.0. The van der Waals surface area contributed by atoms with Gasteiger partial charge in [-0.25, -0.2) is 0 Å². The van der Waals surface area contributed by atoms with Gasteiger partial charge in [0.05, 0.1) is 11.6 Å². The van der Waals surface area contributed by atoms with E-state index in [-0.39, 0.29) is 0 Å². The smallest absolute Gasteiger partial charge is 0.0929 e. The zero-order valence-electron chi connectivity index (χ0n) is 9.80. The van der Waals surface area contributed by atoms with Crippen LogP contribution in [0.25, 0.3) is 0 Å². The number of halogens is 2. The molecule has 92 valence electrons. The third-order valence-electron chi connectivity index (χ3n) is 2.42. The molecular weight excluding hydrogens is 257 g/mol. The molecule has 4 heteroatoms. The van der Waals surface area contributed by atoms with E-state index in [1.165, 1.54) is 0 Å². The third-order valence-corrected chi connectivity index (χ3v) is 2.99. The first-order valence-corrected chi connectivity index (χ1v) is 5.97. The van der Waals surface area contributed by atoms with Gasteiger partial charge >= 0.3 is 0 Å². The average Bonchev–Trinajstić information content (AvgIpc) is 2.29. The predicted octanol–water partition coefficient (Wildman–Crippen LogP) is 3.03. The van der Waals surface area contributed by atoms with Crippen molar-refractivity contribution in [2.24, 2.45) is 0 Å². The largest absolute Gasteiger partial charge is 0.387 e. The van der Waals surface area contributed by atoms with Gasteiger partial charge in [0.2, 0.25) is 0 Å². The third kappa shape index (κ3) is 4.22. The van der Waals surface area contributed by atoms with Gasteiger partial charge in [0.15, 0.2) is 0 Å². The van der Waals surface area contributed by atoms with E-state index in [0.29, 0.717) is 22.2 Å². The molecule has 2 nitrogen and oxygen atoms in total. The lowest BCUT2D eigenvalue weighted by molar-refractivity contribution is 0.167. The fourth-order valence-corrected chi connectivity index (χ4v) is 1.71. The molecule has 0 amide bonds. The van der Waals surface area contributed by atoms with Crippen molar-refractivity contribution in [1.82, 2.24) is 5.32 Å². The molecule has 1 aromatic rings.